The maximum Gasteiger partial charge on any atom is 0.335 e. The first-order valence-corrected chi connectivity index (χ1v) is 7.92. The van der Waals surface area contributed by atoms with Crippen LogP contribution >= 0.6 is 0 Å². The summed E-state index contributed by atoms with van der Waals surface area (Å²) in [5.41, 5.74) is -0.259. The van der Waals surface area contributed by atoms with Crippen LogP contribution in [0.5, 0.6) is 0 Å². The van der Waals surface area contributed by atoms with Gasteiger partial charge in [-0.05, 0) is 51.0 Å². The smallest absolute Gasteiger partial charge is 0.335 e. The minimum atomic E-state index is -1.06. The third-order valence-electron chi connectivity index (χ3n) is 3.55. The van der Waals surface area contributed by atoms with Crippen LogP contribution < -0.4 is 5.32 Å². The monoisotopic (exact) mass is 335 g/mol. The highest BCUT2D eigenvalue weighted by atomic mass is 16.6. The zero-order valence-corrected chi connectivity index (χ0v) is 14.8. The SMILES string of the molecule is CC[C@H](C)[C@H](NC(=O)c1ccc(C(=O)O)cc1)C(=O)OC(C)(C)C. The summed E-state index contributed by atoms with van der Waals surface area (Å²) >= 11 is 0. The van der Waals surface area contributed by atoms with Gasteiger partial charge in [0.1, 0.15) is 11.6 Å². The van der Waals surface area contributed by atoms with Gasteiger partial charge in [0.2, 0.25) is 0 Å². The number of carboxylic acid groups (broad SMARTS) is 1. The number of carbonyl (C=O) groups excluding carboxylic acids is 2. The van der Waals surface area contributed by atoms with Gasteiger partial charge >= 0.3 is 11.9 Å². The fraction of sp³-hybridized carbons (Fsp3) is 0.500. The van der Waals surface area contributed by atoms with Crippen molar-refractivity contribution in [2.45, 2.75) is 52.7 Å². The molecule has 132 valence electrons. The van der Waals surface area contributed by atoms with E-state index in [1.807, 2.05) is 13.8 Å². The molecule has 0 bridgehead atoms. The van der Waals surface area contributed by atoms with Gasteiger partial charge < -0.3 is 15.2 Å². The van der Waals surface area contributed by atoms with E-state index in [1.165, 1.54) is 24.3 Å². The van der Waals surface area contributed by atoms with Gasteiger partial charge in [0, 0.05) is 5.56 Å². The highest BCUT2D eigenvalue weighted by Gasteiger charge is 2.30. The van der Waals surface area contributed by atoms with Crippen LogP contribution in [0.2, 0.25) is 0 Å². The number of rotatable bonds is 6. The summed E-state index contributed by atoms with van der Waals surface area (Å²) in [4.78, 5) is 35.6. The summed E-state index contributed by atoms with van der Waals surface area (Å²) in [5, 5.41) is 11.6. The number of hydrogen-bond acceptors (Lipinski definition) is 4. The van der Waals surface area contributed by atoms with Crippen molar-refractivity contribution in [1.82, 2.24) is 5.32 Å². The second kappa shape index (κ2) is 7.95. The largest absolute Gasteiger partial charge is 0.478 e. The third-order valence-corrected chi connectivity index (χ3v) is 3.55. The number of aromatic carboxylic acids is 1. The summed E-state index contributed by atoms with van der Waals surface area (Å²) in [7, 11) is 0. The summed E-state index contributed by atoms with van der Waals surface area (Å²) in [6.07, 6.45) is 0.697. The van der Waals surface area contributed by atoms with Crippen molar-refractivity contribution >= 4 is 17.8 Å². The van der Waals surface area contributed by atoms with Crippen molar-refractivity contribution in [1.29, 1.82) is 0 Å². The van der Waals surface area contributed by atoms with Gasteiger partial charge in [0.15, 0.2) is 0 Å². The number of hydrogen-bond donors (Lipinski definition) is 2. The summed E-state index contributed by atoms with van der Waals surface area (Å²) < 4.78 is 5.38. The second-order valence-electron chi connectivity index (χ2n) is 6.75. The topological polar surface area (TPSA) is 92.7 Å². The number of esters is 1. The first-order chi connectivity index (χ1) is 11.0. The highest BCUT2D eigenvalue weighted by Crippen LogP contribution is 2.15. The fourth-order valence-corrected chi connectivity index (χ4v) is 2.02. The lowest BCUT2D eigenvalue weighted by Gasteiger charge is -2.27. The number of nitrogens with one attached hydrogen (secondary N) is 1. The Balaban J connectivity index is 2.91. The molecule has 6 heteroatoms. The quantitative estimate of drug-likeness (QED) is 0.780. The Morgan fingerprint density at radius 2 is 1.62 bits per heavy atom. The second-order valence-corrected chi connectivity index (χ2v) is 6.75. The van der Waals surface area contributed by atoms with Gasteiger partial charge in [0.05, 0.1) is 5.56 Å². The number of ether oxygens (including phenoxy) is 1. The molecule has 0 radical (unpaired) electrons. The molecule has 1 aromatic carbocycles. The van der Waals surface area contributed by atoms with E-state index in [1.54, 1.807) is 20.8 Å². The molecule has 0 saturated heterocycles. The van der Waals surface area contributed by atoms with Crippen LogP contribution in [0.3, 0.4) is 0 Å². The van der Waals surface area contributed by atoms with Gasteiger partial charge in [-0.25, -0.2) is 9.59 Å². The first-order valence-electron chi connectivity index (χ1n) is 7.92. The van der Waals surface area contributed by atoms with Gasteiger partial charge in [-0.3, -0.25) is 4.79 Å². The average Bonchev–Trinajstić information content (AvgIpc) is 2.49. The molecule has 1 aromatic rings. The molecule has 0 aromatic heterocycles. The lowest BCUT2D eigenvalue weighted by atomic mass is 9.98. The van der Waals surface area contributed by atoms with E-state index in [4.69, 9.17) is 9.84 Å². The molecule has 0 unspecified atom stereocenters. The molecule has 24 heavy (non-hydrogen) atoms. The zero-order valence-electron chi connectivity index (χ0n) is 14.8. The molecule has 2 atom stereocenters. The van der Waals surface area contributed by atoms with E-state index in [2.05, 4.69) is 5.32 Å². The molecule has 6 nitrogen and oxygen atoms in total. The Kier molecular flexibility index (Phi) is 6.51. The van der Waals surface area contributed by atoms with E-state index in [9.17, 15) is 14.4 Å². The van der Waals surface area contributed by atoms with Gasteiger partial charge in [-0.15, -0.1) is 0 Å². The molecule has 0 saturated carbocycles. The molecule has 0 aliphatic rings. The third kappa shape index (κ3) is 5.68. The van der Waals surface area contributed by atoms with Crippen LogP contribution in [0, 0.1) is 5.92 Å². The number of benzene rings is 1. The Hall–Kier alpha value is -2.37. The van der Waals surface area contributed by atoms with Crippen LogP contribution in [0.25, 0.3) is 0 Å². The Labute approximate surface area is 142 Å². The Morgan fingerprint density at radius 3 is 2.04 bits per heavy atom. The molecule has 0 spiro atoms. The number of carboxylic acids is 1. The van der Waals surface area contributed by atoms with Crippen molar-refractivity contribution in [3.63, 3.8) is 0 Å². The molecular formula is C18H25NO5. The minimum Gasteiger partial charge on any atom is -0.478 e. The molecular weight excluding hydrogens is 310 g/mol. The van der Waals surface area contributed by atoms with Crippen molar-refractivity contribution < 1.29 is 24.2 Å². The van der Waals surface area contributed by atoms with E-state index in [0.29, 0.717) is 6.42 Å². The van der Waals surface area contributed by atoms with Crippen LogP contribution in [0.1, 0.15) is 61.8 Å². The van der Waals surface area contributed by atoms with Gasteiger partial charge in [0.25, 0.3) is 5.91 Å². The summed E-state index contributed by atoms with van der Waals surface area (Å²) in [6.45, 7) is 9.10. The van der Waals surface area contributed by atoms with Gasteiger partial charge in [-0.1, -0.05) is 20.3 Å². The standard InChI is InChI=1S/C18H25NO5/c1-6-11(2)14(17(23)24-18(3,4)5)19-15(20)12-7-9-13(10-8-12)16(21)22/h7-11,14H,6H2,1-5H3,(H,19,20)(H,21,22)/t11-,14-/m0/s1. The van der Waals surface area contributed by atoms with Crippen molar-refractivity contribution in [3.8, 4) is 0 Å². The predicted molar refractivity (Wildman–Crippen MR) is 90.0 cm³/mol. The fourth-order valence-electron chi connectivity index (χ4n) is 2.02. The zero-order chi connectivity index (χ0) is 18.5. The predicted octanol–water partition coefficient (Wildman–Crippen LogP) is 2.87. The van der Waals surface area contributed by atoms with Crippen molar-refractivity contribution in [2.75, 3.05) is 0 Å². The van der Waals surface area contributed by atoms with Crippen molar-refractivity contribution in [2.24, 2.45) is 5.92 Å². The number of amides is 1. The van der Waals surface area contributed by atoms with E-state index < -0.39 is 29.5 Å². The van der Waals surface area contributed by atoms with Crippen LogP contribution in [-0.4, -0.2) is 34.6 Å². The molecule has 1 rings (SSSR count). The van der Waals surface area contributed by atoms with E-state index in [-0.39, 0.29) is 17.0 Å². The van der Waals surface area contributed by atoms with Crippen LogP contribution in [0.15, 0.2) is 24.3 Å². The Bertz CT molecular complexity index is 601. The average molecular weight is 335 g/mol. The van der Waals surface area contributed by atoms with Gasteiger partial charge in [-0.2, -0.15) is 0 Å². The Morgan fingerprint density at radius 1 is 1.12 bits per heavy atom. The first kappa shape index (κ1) is 19.7. The molecule has 0 heterocycles. The summed E-state index contributed by atoms with van der Waals surface area (Å²) in [5.74, 6) is -2.08. The lowest BCUT2D eigenvalue weighted by molar-refractivity contribution is -0.158. The normalized spacial score (nSPS) is 13.7. The number of carbonyl (C=O) groups is 3. The van der Waals surface area contributed by atoms with Crippen LogP contribution in [-0.2, 0) is 9.53 Å². The van der Waals surface area contributed by atoms with E-state index in [0.717, 1.165) is 0 Å². The maximum absolute atomic E-state index is 12.4. The molecule has 0 aliphatic carbocycles. The van der Waals surface area contributed by atoms with Crippen molar-refractivity contribution in [3.05, 3.63) is 35.4 Å². The minimum absolute atomic E-state index is 0.0946. The van der Waals surface area contributed by atoms with E-state index >= 15 is 0 Å². The molecule has 0 aliphatic heterocycles. The lowest BCUT2D eigenvalue weighted by Crippen LogP contribution is -2.47. The van der Waals surface area contributed by atoms with Crippen LogP contribution in [0.4, 0.5) is 0 Å². The summed E-state index contributed by atoms with van der Waals surface area (Å²) in [6, 6.07) is 4.77. The molecule has 0 fully saturated rings. The highest BCUT2D eigenvalue weighted by molar-refractivity contribution is 5.98. The molecule has 1 amide bonds. The maximum atomic E-state index is 12.4. The molecule has 2 N–H and O–H groups in total.